The third-order valence-electron chi connectivity index (χ3n) is 3.00. The first kappa shape index (κ1) is 13.1. The summed E-state index contributed by atoms with van der Waals surface area (Å²) in [6, 6.07) is 8.09. The Bertz CT molecular complexity index is 617. The molecule has 1 aromatic heterocycles. The zero-order valence-electron chi connectivity index (χ0n) is 10.7. The Morgan fingerprint density at radius 3 is 2.78 bits per heavy atom. The first-order valence-electron chi connectivity index (χ1n) is 5.90. The fraction of sp³-hybridized carbons (Fsp3) is 0.267. The highest BCUT2D eigenvalue weighted by Crippen LogP contribution is 2.24. The molecule has 18 heavy (non-hydrogen) atoms. The van der Waals surface area contributed by atoms with Crippen LogP contribution in [0.2, 0.25) is 5.15 Å². The van der Waals surface area contributed by atoms with Gasteiger partial charge in [0.1, 0.15) is 5.15 Å². The van der Waals surface area contributed by atoms with E-state index in [9.17, 15) is 5.11 Å². The molecule has 1 heterocycles. The largest absolute Gasteiger partial charge is 0.389 e. The van der Waals surface area contributed by atoms with E-state index in [2.05, 4.69) is 4.98 Å². The lowest BCUT2D eigenvalue weighted by Gasteiger charge is -2.07. The van der Waals surface area contributed by atoms with Crippen molar-refractivity contribution < 1.29 is 5.11 Å². The van der Waals surface area contributed by atoms with Crippen molar-refractivity contribution in [1.29, 1.82) is 0 Å². The van der Waals surface area contributed by atoms with E-state index in [1.807, 2.05) is 44.2 Å². The second kappa shape index (κ2) is 5.09. The third-order valence-corrected chi connectivity index (χ3v) is 3.30. The highest BCUT2D eigenvalue weighted by Gasteiger charge is 2.05. The minimum Gasteiger partial charge on any atom is -0.389 e. The number of benzene rings is 1. The molecule has 0 bridgehead atoms. The minimum atomic E-state index is -0.477. The van der Waals surface area contributed by atoms with E-state index in [-0.39, 0.29) is 0 Å². The molecular formula is C15H16ClNO. The Morgan fingerprint density at radius 1 is 1.39 bits per heavy atom. The van der Waals surface area contributed by atoms with E-state index in [1.54, 1.807) is 6.92 Å². The van der Waals surface area contributed by atoms with Crippen LogP contribution in [0.3, 0.4) is 0 Å². The average molecular weight is 262 g/mol. The molecule has 0 saturated heterocycles. The molecular weight excluding hydrogens is 246 g/mol. The second-order valence-corrected chi connectivity index (χ2v) is 4.99. The molecule has 2 aromatic rings. The zero-order chi connectivity index (χ0) is 13.3. The number of aliphatic hydroxyl groups is 1. The normalized spacial score (nSPS) is 13.9. The van der Waals surface area contributed by atoms with E-state index in [0.29, 0.717) is 5.15 Å². The Balaban J connectivity index is 2.56. The molecule has 94 valence electrons. The van der Waals surface area contributed by atoms with Gasteiger partial charge in [0.05, 0.1) is 11.6 Å². The molecule has 0 aliphatic carbocycles. The van der Waals surface area contributed by atoms with E-state index in [4.69, 9.17) is 11.6 Å². The summed E-state index contributed by atoms with van der Waals surface area (Å²) in [5, 5.41) is 11.0. The summed E-state index contributed by atoms with van der Waals surface area (Å²) in [6.45, 7) is 5.64. The molecule has 0 aliphatic heterocycles. The van der Waals surface area contributed by atoms with Crippen molar-refractivity contribution in [2.45, 2.75) is 26.9 Å². The number of hydrogen-bond acceptors (Lipinski definition) is 2. The van der Waals surface area contributed by atoms with Crippen LogP contribution in [-0.2, 0) is 0 Å². The molecule has 2 nitrogen and oxygen atoms in total. The van der Waals surface area contributed by atoms with E-state index < -0.39 is 6.10 Å². The van der Waals surface area contributed by atoms with Gasteiger partial charge in [-0.1, -0.05) is 29.8 Å². The van der Waals surface area contributed by atoms with Crippen molar-refractivity contribution in [3.05, 3.63) is 46.1 Å². The van der Waals surface area contributed by atoms with Gasteiger partial charge in [0.2, 0.25) is 0 Å². The lowest BCUT2D eigenvalue weighted by atomic mass is 10.1. The lowest BCUT2D eigenvalue weighted by Crippen LogP contribution is -2.00. The average Bonchev–Trinajstić information content (AvgIpc) is 2.30. The second-order valence-electron chi connectivity index (χ2n) is 4.63. The van der Waals surface area contributed by atoms with Crippen molar-refractivity contribution >= 4 is 28.6 Å². The molecule has 0 aliphatic rings. The van der Waals surface area contributed by atoms with Crippen LogP contribution in [0.25, 0.3) is 17.0 Å². The Kier molecular flexibility index (Phi) is 3.69. The van der Waals surface area contributed by atoms with Crippen LogP contribution in [0.1, 0.15) is 25.0 Å². The molecule has 3 heteroatoms. The van der Waals surface area contributed by atoms with Gasteiger partial charge < -0.3 is 5.11 Å². The molecule has 0 amide bonds. The minimum absolute atomic E-state index is 0.466. The summed E-state index contributed by atoms with van der Waals surface area (Å²) in [6.07, 6.45) is 1.40. The van der Waals surface area contributed by atoms with Gasteiger partial charge in [0.15, 0.2) is 0 Å². The molecule has 1 aromatic carbocycles. The predicted molar refractivity (Wildman–Crippen MR) is 76.8 cm³/mol. The fourth-order valence-corrected chi connectivity index (χ4v) is 1.94. The number of nitrogens with zero attached hydrogens (tertiary/aromatic N) is 1. The first-order chi connectivity index (χ1) is 8.47. The van der Waals surface area contributed by atoms with Crippen LogP contribution in [0.15, 0.2) is 29.8 Å². The molecule has 1 unspecified atom stereocenters. The van der Waals surface area contributed by atoms with E-state index in [0.717, 1.165) is 27.6 Å². The molecule has 1 atom stereocenters. The first-order valence-corrected chi connectivity index (χ1v) is 6.28. The van der Waals surface area contributed by atoms with E-state index >= 15 is 0 Å². The molecule has 0 spiro atoms. The van der Waals surface area contributed by atoms with Crippen molar-refractivity contribution in [3.63, 3.8) is 0 Å². The van der Waals surface area contributed by atoms with Gasteiger partial charge in [-0.05, 0) is 44.0 Å². The number of aryl methyl sites for hydroxylation is 1. The van der Waals surface area contributed by atoms with Gasteiger partial charge in [-0.3, -0.25) is 0 Å². The standard InChI is InChI=1S/C15H16ClNO/c1-9-4-5-12-8-13(7-10(2)11(3)18)15(16)17-14(12)6-9/h4-8,11,18H,1-3H3/b10-7+. The van der Waals surface area contributed by atoms with Gasteiger partial charge in [0, 0.05) is 10.9 Å². The maximum Gasteiger partial charge on any atom is 0.136 e. The van der Waals surface area contributed by atoms with Gasteiger partial charge in [-0.2, -0.15) is 0 Å². The van der Waals surface area contributed by atoms with Crippen LogP contribution < -0.4 is 0 Å². The molecule has 2 rings (SSSR count). The fourth-order valence-electron chi connectivity index (χ4n) is 1.74. The monoisotopic (exact) mass is 261 g/mol. The summed E-state index contributed by atoms with van der Waals surface area (Å²) in [5.41, 5.74) is 3.76. The quantitative estimate of drug-likeness (QED) is 0.830. The summed E-state index contributed by atoms with van der Waals surface area (Å²) in [5.74, 6) is 0. The summed E-state index contributed by atoms with van der Waals surface area (Å²) < 4.78 is 0. The van der Waals surface area contributed by atoms with Crippen molar-refractivity contribution in [3.8, 4) is 0 Å². The van der Waals surface area contributed by atoms with Crippen LogP contribution >= 0.6 is 11.6 Å². The van der Waals surface area contributed by atoms with Crippen molar-refractivity contribution in [2.75, 3.05) is 0 Å². The molecule has 0 saturated carbocycles. The number of aliphatic hydroxyl groups excluding tert-OH is 1. The predicted octanol–water partition coefficient (Wildman–Crippen LogP) is 3.98. The highest BCUT2D eigenvalue weighted by atomic mass is 35.5. The zero-order valence-corrected chi connectivity index (χ0v) is 11.5. The maximum atomic E-state index is 9.49. The smallest absolute Gasteiger partial charge is 0.136 e. The van der Waals surface area contributed by atoms with Gasteiger partial charge in [-0.25, -0.2) is 4.98 Å². The summed E-state index contributed by atoms with van der Waals surface area (Å²) in [7, 11) is 0. The Labute approximate surface area is 112 Å². The van der Waals surface area contributed by atoms with Gasteiger partial charge in [0.25, 0.3) is 0 Å². The highest BCUT2D eigenvalue weighted by molar-refractivity contribution is 6.31. The number of aromatic nitrogens is 1. The number of halogens is 1. The maximum absolute atomic E-state index is 9.49. The van der Waals surface area contributed by atoms with E-state index in [1.165, 1.54) is 0 Å². The molecule has 1 N–H and O–H groups in total. The van der Waals surface area contributed by atoms with Crippen molar-refractivity contribution in [2.24, 2.45) is 0 Å². The molecule has 0 radical (unpaired) electrons. The van der Waals surface area contributed by atoms with Crippen LogP contribution in [0.4, 0.5) is 0 Å². The summed E-state index contributed by atoms with van der Waals surface area (Å²) in [4.78, 5) is 4.39. The molecule has 0 fully saturated rings. The Hall–Kier alpha value is -1.38. The van der Waals surface area contributed by atoms with Gasteiger partial charge in [-0.15, -0.1) is 0 Å². The van der Waals surface area contributed by atoms with Crippen LogP contribution in [-0.4, -0.2) is 16.2 Å². The number of rotatable bonds is 2. The Morgan fingerprint density at radius 2 is 2.11 bits per heavy atom. The third kappa shape index (κ3) is 2.71. The topological polar surface area (TPSA) is 33.1 Å². The number of fused-ring (bicyclic) bond motifs is 1. The number of pyridine rings is 1. The van der Waals surface area contributed by atoms with Crippen LogP contribution in [0, 0.1) is 6.92 Å². The van der Waals surface area contributed by atoms with Crippen molar-refractivity contribution in [1.82, 2.24) is 4.98 Å². The van der Waals surface area contributed by atoms with Gasteiger partial charge >= 0.3 is 0 Å². The lowest BCUT2D eigenvalue weighted by molar-refractivity contribution is 0.232. The van der Waals surface area contributed by atoms with Crippen LogP contribution in [0.5, 0.6) is 0 Å². The number of hydrogen-bond donors (Lipinski definition) is 1. The SMILES string of the molecule is C/C(=C\c1cc2ccc(C)cc2nc1Cl)C(C)O. The summed E-state index contributed by atoms with van der Waals surface area (Å²) >= 11 is 6.17.